The van der Waals surface area contributed by atoms with E-state index in [0.717, 1.165) is 13.0 Å². The van der Waals surface area contributed by atoms with Crippen LogP contribution in [0.25, 0.3) is 0 Å². The maximum Gasteiger partial charge on any atom is 0.229 e. The molecule has 2 fully saturated rings. The third kappa shape index (κ3) is 2.83. The van der Waals surface area contributed by atoms with Crippen LogP contribution in [0, 0.1) is 5.92 Å². The van der Waals surface area contributed by atoms with Crippen LogP contribution < -0.4 is 5.32 Å². The molecule has 1 amide bonds. The Labute approximate surface area is 107 Å². The molecule has 3 N–H and O–H groups in total. The Bertz CT molecular complexity index is 290. The standard InChI is InChI=1S/C12H22N2O4/c1-2-3-13-9-7-18-6-8(9)12(17)14-4-10(15)11(16)5-14/h8-11,13,15-16H,2-7H2,1H3. The van der Waals surface area contributed by atoms with Gasteiger partial charge in [-0.3, -0.25) is 4.79 Å². The number of nitrogens with zero attached hydrogens (tertiary/aromatic N) is 1. The van der Waals surface area contributed by atoms with Crippen molar-refractivity contribution in [3.8, 4) is 0 Å². The fourth-order valence-corrected chi connectivity index (χ4v) is 2.51. The van der Waals surface area contributed by atoms with Crippen molar-refractivity contribution in [2.45, 2.75) is 31.6 Å². The molecule has 6 heteroatoms. The van der Waals surface area contributed by atoms with Gasteiger partial charge in [-0.25, -0.2) is 0 Å². The number of nitrogens with one attached hydrogen (secondary N) is 1. The SMILES string of the molecule is CCCNC1COCC1C(=O)N1CC(O)C(O)C1. The highest BCUT2D eigenvalue weighted by Gasteiger charge is 2.40. The highest BCUT2D eigenvalue weighted by atomic mass is 16.5. The minimum Gasteiger partial charge on any atom is -0.388 e. The van der Waals surface area contributed by atoms with Crippen molar-refractivity contribution < 1.29 is 19.7 Å². The molecule has 0 saturated carbocycles. The number of aliphatic hydroxyl groups excluding tert-OH is 2. The molecule has 0 spiro atoms. The van der Waals surface area contributed by atoms with Gasteiger partial charge in [0.15, 0.2) is 0 Å². The van der Waals surface area contributed by atoms with E-state index < -0.39 is 12.2 Å². The number of ether oxygens (including phenoxy) is 1. The van der Waals surface area contributed by atoms with Gasteiger partial charge in [-0.1, -0.05) is 6.92 Å². The van der Waals surface area contributed by atoms with E-state index in [1.54, 1.807) is 0 Å². The van der Waals surface area contributed by atoms with Gasteiger partial charge in [-0.15, -0.1) is 0 Å². The van der Waals surface area contributed by atoms with Crippen LogP contribution >= 0.6 is 0 Å². The summed E-state index contributed by atoms with van der Waals surface area (Å²) in [6.45, 7) is 4.35. The second-order valence-electron chi connectivity index (χ2n) is 5.08. The molecule has 0 bridgehead atoms. The van der Waals surface area contributed by atoms with Gasteiger partial charge in [0.2, 0.25) is 5.91 Å². The minimum atomic E-state index is -0.821. The number of rotatable bonds is 4. The summed E-state index contributed by atoms with van der Waals surface area (Å²) in [5, 5.41) is 22.3. The number of β-amino-alcohol motifs (C(OH)–C–C–N with tert-alkyl or cyclic N) is 2. The van der Waals surface area contributed by atoms with E-state index in [9.17, 15) is 15.0 Å². The smallest absolute Gasteiger partial charge is 0.229 e. The maximum atomic E-state index is 12.3. The third-order valence-electron chi connectivity index (χ3n) is 3.62. The first kappa shape index (κ1) is 13.7. The second kappa shape index (κ2) is 5.97. The molecule has 0 radical (unpaired) electrons. The molecule has 0 aromatic carbocycles. The number of hydrogen-bond donors (Lipinski definition) is 3. The van der Waals surface area contributed by atoms with Crippen molar-refractivity contribution in [2.24, 2.45) is 5.92 Å². The molecule has 2 saturated heterocycles. The Balaban J connectivity index is 1.91. The molecule has 6 nitrogen and oxygen atoms in total. The molecule has 2 rings (SSSR count). The van der Waals surface area contributed by atoms with Crippen LogP contribution in [0.15, 0.2) is 0 Å². The second-order valence-corrected chi connectivity index (χ2v) is 5.08. The molecule has 0 aromatic heterocycles. The Kier molecular flexibility index (Phi) is 4.55. The first-order valence-corrected chi connectivity index (χ1v) is 6.59. The fraction of sp³-hybridized carbons (Fsp3) is 0.917. The monoisotopic (exact) mass is 258 g/mol. The van der Waals surface area contributed by atoms with Crippen molar-refractivity contribution in [3.63, 3.8) is 0 Å². The Morgan fingerprint density at radius 3 is 2.61 bits per heavy atom. The van der Waals surface area contributed by atoms with Crippen LogP contribution in [-0.4, -0.2) is 72.1 Å². The van der Waals surface area contributed by atoms with Crippen molar-refractivity contribution in [3.05, 3.63) is 0 Å². The Morgan fingerprint density at radius 1 is 1.33 bits per heavy atom. The van der Waals surface area contributed by atoms with Crippen LogP contribution in [-0.2, 0) is 9.53 Å². The van der Waals surface area contributed by atoms with Crippen LogP contribution in [0.3, 0.4) is 0 Å². The molecular weight excluding hydrogens is 236 g/mol. The van der Waals surface area contributed by atoms with E-state index in [4.69, 9.17) is 4.74 Å². The average Bonchev–Trinajstić information content (AvgIpc) is 2.94. The molecule has 2 aliphatic heterocycles. The summed E-state index contributed by atoms with van der Waals surface area (Å²) < 4.78 is 5.37. The summed E-state index contributed by atoms with van der Waals surface area (Å²) in [7, 11) is 0. The summed E-state index contributed by atoms with van der Waals surface area (Å²) in [6.07, 6.45) is -0.630. The van der Waals surface area contributed by atoms with E-state index in [1.165, 1.54) is 4.90 Å². The summed E-state index contributed by atoms with van der Waals surface area (Å²) in [4.78, 5) is 13.8. The molecule has 0 aromatic rings. The van der Waals surface area contributed by atoms with Crippen LogP contribution in [0.4, 0.5) is 0 Å². The van der Waals surface area contributed by atoms with Gasteiger partial charge in [0, 0.05) is 19.1 Å². The molecule has 104 valence electrons. The molecule has 0 aliphatic carbocycles. The highest BCUT2D eigenvalue weighted by molar-refractivity contribution is 5.80. The van der Waals surface area contributed by atoms with Crippen LogP contribution in [0.2, 0.25) is 0 Å². The third-order valence-corrected chi connectivity index (χ3v) is 3.62. The maximum absolute atomic E-state index is 12.3. The summed E-state index contributed by atoms with van der Waals surface area (Å²) in [6, 6.07) is 0.0485. The van der Waals surface area contributed by atoms with Gasteiger partial charge in [-0.2, -0.15) is 0 Å². The first-order valence-electron chi connectivity index (χ1n) is 6.59. The topological polar surface area (TPSA) is 82.0 Å². The van der Waals surface area contributed by atoms with Crippen molar-refractivity contribution >= 4 is 5.91 Å². The number of amides is 1. The lowest BCUT2D eigenvalue weighted by Gasteiger charge is -2.23. The van der Waals surface area contributed by atoms with E-state index in [0.29, 0.717) is 13.2 Å². The first-order chi connectivity index (χ1) is 8.63. The van der Waals surface area contributed by atoms with E-state index >= 15 is 0 Å². The van der Waals surface area contributed by atoms with Crippen molar-refractivity contribution in [2.75, 3.05) is 32.8 Å². The van der Waals surface area contributed by atoms with Gasteiger partial charge in [-0.05, 0) is 13.0 Å². The average molecular weight is 258 g/mol. The number of hydrogen-bond acceptors (Lipinski definition) is 5. The summed E-state index contributed by atoms with van der Waals surface area (Å²) >= 11 is 0. The van der Waals surface area contributed by atoms with E-state index in [1.807, 2.05) is 0 Å². The van der Waals surface area contributed by atoms with Crippen LogP contribution in [0.5, 0.6) is 0 Å². The molecule has 4 atom stereocenters. The summed E-state index contributed by atoms with van der Waals surface area (Å²) in [5.41, 5.74) is 0. The van der Waals surface area contributed by atoms with Crippen molar-refractivity contribution in [1.29, 1.82) is 0 Å². The van der Waals surface area contributed by atoms with E-state index in [-0.39, 0.29) is 31.0 Å². The summed E-state index contributed by atoms with van der Waals surface area (Å²) in [5.74, 6) is -0.231. The molecule has 2 aliphatic rings. The molecule has 2 heterocycles. The highest BCUT2D eigenvalue weighted by Crippen LogP contribution is 2.20. The zero-order valence-corrected chi connectivity index (χ0v) is 10.7. The Morgan fingerprint density at radius 2 is 2.00 bits per heavy atom. The predicted molar refractivity (Wildman–Crippen MR) is 65.0 cm³/mol. The lowest BCUT2D eigenvalue weighted by atomic mass is 10.0. The number of carbonyl (C=O) groups is 1. The van der Waals surface area contributed by atoms with Gasteiger partial charge >= 0.3 is 0 Å². The van der Waals surface area contributed by atoms with Crippen LogP contribution in [0.1, 0.15) is 13.3 Å². The predicted octanol–water partition coefficient (Wildman–Crippen LogP) is -1.43. The Hall–Kier alpha value is -0.690. The quantitative estimate of drug-likeness (QED) is 0.576. The molecule has 4 unspecified atom stereocenters. The number of likely N-dealkylation sites (tertiary alicyclic amines) is 1. The fourth-order valence-electron chi connectivity index (χ4n) is 2.51. The number of aliphatic hydroxyl groups is 2. The van der Waals surface area contributed by atoms with Gasteiger partial charge < -0.3 is 25.2 Å². The van der Waals surface area contributed by atoms with Crippen molar-refractivity contribution in [1.82, 2.24) is 10.2 Å². The molecular formula is C12H22N2O4. The molecule has 18 heavy (non-hydrogen) atoms. The zero-order valence-electron chi connectivity index (χ0n) is 10.7. The van der Waals surface area contributed by atoms with Gasteiger partial charge in [0.25, 0.3) is 0 Å². The zero-order chi connectivity index (χ0) is 13.1. The number of carbonyl (C=O) groups excluding carboxylic acids is 1. The van der Waals surface area contributed by atoms with Gasteiger partial charge in [0.1, 0.15) is 0 Å². The lowest BCUT2D eigenvalue weighted by Crippen LogP contribution is -2.45. The minimum absolute atomic E-state index is 0.0308. The lowest BCUT2D eigenvalue weighted by molar-refractivity contribution is -0.135. The van der Waals surface area contributed by atoms with Gasteiger partial charge in [0.05, 0.1) is 31.3 Å². The normalized spacial score (nSPS) is 36.3. The largest absolute Gasteiger partial charge is 0.388 e. The van der Waals surface area contributed by atoms with E-state index in [2.05, 4.69) is 12.2 Å².